The molecule has 0 aromatic carbocycles. The van der Waals surface area contributed by atoms with Crippen molar-refractivity contribution in [2.75, 3.05) is 6.61 Å². The largest absolute Gasteiger partial charge is 1.00 e. The second-order valence-corrected chi connectivity index (χ2v) is 9.99. The van der Waals surface area contributed by atoms with Gasteiger partial charge in [-0.15, -0.1) is 0 Å². The van der Waals surface area contributed by atoms with Crippen LogP contribution in [0, 0.1) is 0 Å². The van der Waals surface area contributed by atoms with Crippen LogP contribution in [0.25, 0.3) is 0 Å². The van der Waals surface area contributed by atoms with Crippen LogP contribution in [0.4, 0.5) is 0 Å². The summed E-state index contributed by atoms with van der Waals surface area (Å²) < 4.78 is 33.5. The van der Waals surface area contributed by atoms with Gasteiger partial charge in [0.25, 0.3) is 10.1 Å². The Morgan fingerprint density at radius 3 is 1.56 bits per heavy atom. The second-order valence-electron chi connectivity index (χ2n) is 8.39. The number of carbonyl (C=O) groups is 5. The summed E-state index contributed by atoms with van der Waals surface area (Å²) >= 11 is 0. The van der Waals surface area contributed by atoms with Gasteiger partial charge in [0.05, 0.1) is 25.4 Å². The van der Waals surface area contributed by atoms with Crippen LogP contribution in [0.5, 0.6) is 0 Å². The maximum atomic E-state index is 11.5. The third-order valence-corrected chi connectivity index (χ3v) is 6.10. The third-order valence-electron chi connectivity index (χ3n) is 5.01. The standard InChI is InChI=1S/C18H32O7.C4H6O7S.2Na/c1-2-3-4-5-6-7-8-9-10-11-12-25-16(21)14-18(24,17(22)23)13-15(19)20;5-3(6)1-2(4(7)8)12(9,10)11;;/h24H,2-14H2,1H3,(H,19,20)(H,22,23);2H,1H2,(H,5,6)(H,7,8)(H,9,10,11);;/q;;2*+1/p-2. The summed E-state index contributed by atoms with van der Waals surface area (Å²) in [5.41, 5.74) is -2.80. The van der Waals surface area contributed by atoms with E-state index in [1.807, 2.05) is 0 Å². The molecule has 0 bridgehead atoms. The molecule has 39 heavy (non-hydrogen) atoms. The molecule has 2 unspecified atom stereocenters. The first-order valence-corrected chi connectivity index (χ1v) is 13.3. The molecule has 0 aromatic rings. The Bertz CT molecular complexity index is 850. The van der Waals surface area contributed by atoms with Crippen LogP contribution in [-0.2, 0) is 38.8 Å². The molecule has 0 aliphatic rings. The van der Waals surface area contributed by atoms with Crippen LogP contribution >= 0.6 is 0 Å². The Morgan fingerprint density at radius 2 is 1.26 bits per heavy atom. The number of carboxylic acids is 4. The van der Waals surface area contributed by atoms with Gasteiger partial charge in [-0.1, -0.05) is 64.7 Å². The summed E-state index contributed by atoms with van der Waals surface area (Å²) in [6.45, 7) is 2.30. The molecule has 0 radical (unpaired) electrons. The summed E-state index contributed by atoms with van der Waals surface area (Å²) in [4.78, 5) is 52.8. The van der Waals surface area contributed by atoms with Gasteiger partial charge in [-0.2, -0.15) is 8.42 Å². The Kier molecular flexibility index (Phi) is 29.0. The van der Waals surface area contributed by atoms with Gasteiger partial charge in [-0.25, -0.2) is 0 Å². The minimum absolute atomic E-state index is 0. The van der Waals surface area contributed by atoms with Crippen molar-refractivity contribution in [1.29, 1.82) is 0 Å². The molecule has 0 aliphatic carbocycles. The van der Waals surface area contributed by atoms with Crippen molar-refractivity contribution < 1.29 is 126 Å². The van der Waals surface area contributed by atoms with E-state index in [0.717, 1.165) is 19.3 Å². The van der Waals surface area contributed by atoms with Crippen molar-refractivity contribution in [1.82, 2.24) is 0 Å². The van der Waals surface area contributed by atoms with Crippen LogP contribution in [0.15, 0.2) is 0 Å². The quantitative estimate of drug-likeness (QED) is 0.0437. The van der Waals surface area contributed by atoms with E-state index >= 15 is 0 Å². The van der Waals surface area contributed by atoms with Crippen LogP contribution in [-0.4, -0.2) is 75.6 Å². The summed E-state index contributed by atoms with van der Waals surface area (Å²) in [5, 5.41) is 44.8. The molecular formula is C22H36Na2O14S. The SMILES string of the molecule is CCCCCCCCCCCCOC(=O)CC(O)(CC(=O)[O-])C(=O)[O-].O=C(O)CC(C(=O)O)S(=O)(=O)O.[Na+].[Na+]. The molecule has 2 atom stereocenters. The minimum Gasteiger partial charge on any atom is -0.550 e. The van der Waals surface area contributed by atoms with Gasteiger partial charge in [-0.05, 0) is 6.42 Å². The van der Waals surface area contributed by atoms with Gasteiger partial charge in [0.15, 0.2) is 5.25 Å². The first kappa shape index (κ1) is 45.2. The topological polar surface area (TPSA) is 256 Å². The van der Waals surface area contributed by atoms with Crippen molar-refractivity contribution in [3.63, 3.8) is 0 Å². The maximum absolute atomic E-state index is 11.5. The molecule has 216 valence electrons. The summed E-state index contributed by atoms with van der Waals surface area (Å²) in [6, 6.07) is 0. The fraction of sp³-hybridized carbons (Fsp3) is 0.773. The number of unbranched alkanes of at least 4 members (excludes halogenated alkanes) is 9. The number of ether oxygens (including phenoxy) is 1. The fourth-order valence-electron chi connectivity index (χ4n) is 2.99. The Balaban J connectivity index is -0.000000371. The smallest absolute Gasteiger partial charge is 0.550 e. The number of carbonyl (C=O) groups excluding carboxylic acids is 3. The van der Waals surface area contributed by atoms with E-state index in [4.69, 9.17) is 19.5 Å². The molecular weight excluding hydrogens is 566 g/mol. The van der Waals surface area contributed by atoms with Crippen molar-refractivity contribution in [2.45, 2.75) is 101 Å². The predicted molar refractivity (Wildman–Crippen MR) is 122 cm³/mol. The molecule has 0 fully saturated rings. The van der Waals surface area contributed by atoms with Crippen molar-refractivity contribution in [3.05, 3.63) is 0 Å². The van der Waals surface area contributed by atoms with Crippen molar-refractivity contribution in [2.24, 2.45) is 0 Å². The Hall–Kier alpha value is -0.780. The normalized spacial score (nSPS) is 12.7. The number of hydrogen-bond acceptors (Lipinski definition) is 11. The monoisotopic (exact) mass is 602 g/mol. The fourth-order valence-corrected chi connectivity index (χ4v) is 3.60. The maximum Gasteiger partial charge on any atom is 1.00 e. The van der Waals surface area contributed by atoms with Gasteiger partial charge < -0.3 is 39.9 Å². The summed E-state index contributed by atoms with van der Waals surface area (Å²) in [6.07, 6.45) is 7.92. The molecule has 0 heterocycles. The van der Waals surface area contributed by atoms with E-state index in [0.29, 0.717) is 6.42 Å². The number of rotatable bonds is 20. The molecule has 0 rings (SSSR count). The molecule has 0 saturated carbocycles. The van der Waals surface area contributed by atoms with Gasteiger partial charge in [0.1, 0.15) is 5.60 Å². The van der Waals surface area contributed by atoms with Crippen LogP contribution < -0.4 is 69.3 Å². The van der Waals surface area contributed by atoms with E-state index in [1.54, 1.807) is 0 Å². The summed E-state index contributed by atoms with van der Waals surface area (Å²) in [5.74, 6) is -8.29. The summed E-state index contributed by atoms with van der Waals surface area (Å²) in [7, 11) is -4.84. The predicted octanol–water partition coefficient (Wildman–Crippen LogP) is -6.73. The van der Waals surface area contributed by atoms with E-state index in [9.17, 15) is 47.7 Å². The molecule has 0 saturated heterocycles. The molecule has 0 amide bonds. The van der Waals surface area contributed by atoms with Crippen LogP contribution in [0.2, 0.25) is 0 Å². The van der Waals surface area contributed by atoms with Crippen LogP contribution in [0.1, 0.15) is 90.4 Å². The molecule has 0 aliphatic heterocycles. The van der Waals surface area contributed by atoms with Gasteiger partial charge >= 0.3 is 77.0 Å². The Morgan fingerprint density at radius 1 is 0.821 bits per heavy atom. The molecule has 4 N–H and O–H groups in total. The molecule has 0 aromatic heterocycles. The zero-order valence-electron chi connectivity index (χ0n) is 22.8. The number of esters is 1. The van der Waals surface area contributed by atoms with E-state index < -0.39 is 70.1 Å². The number of carboxylic acid groups (broad SMARTS) is 4. The molecule has 14 nitrogen and oxygen atoms in total. The third kappa shape index (κ3) is 25.9. The van der Waals surface area contributed by atoms with Crippen molar-refractivity contribution >= 4 is 40.0 Å². The zero-order valence-corrected chi connectivity index (χ0v) is 27.6. The first-order valence-electron chi connectivity index (χ1n) is 11.8. The van der Waals surface area contributed by atoms with E-state index in [1.165, 1.54) is 38.5 Å². The zero-order chi connectivity index (χ0) is 29.1. The molecule has 17 heteroatoms. The molecule has 0 spiro atoms. The van der Waals surface area contributed by atoms with Gasteiger partial charge in [-0.3, -0.25) is 18.9 Å². The van der Waals surface area contributed by atoms with Crippen molar-refractivity contribution in [3.8, 4) is 0 Å². The van der Waals surface area contributed by atoms with Gasteiger partial charge in [0, 0.05) is 12.4 Å². The van der Waals surface area contributed by atoms with E-state index in [2.05, 4.69) is 6.92 Å². The number of aliphatic carboxylic acids is 4. The average molecular weight is 603 g/mol. The first-order chi connectivity index (χ1) is 17.1. The van der Waals surface area contributed by atoms with Crippen LogP contribution in [0.3, 0.4) is 0 Å². The average Bonchev–Trinajstić information content (AvgIpc) is 2.74. The number of hydrogen-bond donors (Lipinski definition) is 4. The number of aliphatic hydroxyl groups is 1. The van der Waals surface area contributed by atoms with E-state index in [-0.39, 0.29) is 65.7 Å². The minimum atomic E-state index is -4.84. The second kappa shape index (κ2) is 25.0. The van der Waals surface area contributed by atoms with Gasteiger partial charge in [0.2, 0.25) is 0 Å². The Labute approximate surface area is 272 Å².